The van der Waals surface area contributed by atoms with Crippen molar-refractivity contribution in [2.24, 2.45) is 0 Å². The molecule has 3 amide bonds. The highest BCUT2D eigenvalue weighted by atomic mass is 35.5. The Bertz CT molecular complexity index is 1200. The molecule has 0 spiro atoms. The van der Waals surface area contributed by atoms with Crippen molar-refractivity contribution in [1.82, 2.24) is 10.6 Å². The summed E-state index contributed by atoms with van der Waals surface area (Å²) in [5.41, 5.74) is 1.25. The van der Waals surface area contributed by atoms with E-state index in [1.165, 1.54) is 0 Å². The van der Waals surface area contributed by atoms with Gasteiger partial charge in [0.1, 0.15) is 12.4 Å². The van der Waals surface area contributed by atoms with Crippen molar-refractivity contribution in [3.05, 3.63) is 70.4 Å². The summed E-state index contributed by atoms with van der Waals surface area (Å²) in [7, 11) is 0. The summed E-state index contributed by atoms with van der Waals surface area (Å²) in [5.74, 6) is -1.48. The molecule has 182 valence electrons. The summed E-state index contributed by atoms with van der Waals surface area (Å²) in [5, 5.41) is 8.35. The van der Waals surface area contributed by atoms with E-state index in [1.807, 2.05) is 0 Å². The van der Waals surface area contributed by atoms with E-state index in [2.05, 4.69) is 16.0 Å². The third-order valence-corrected chi connectivity index (χ3v) is 5.54. The second kappa shape index (κ2) is 10.5. The third kappa shape index (κ3) is 5.55. The zero-order valence-corrected chi connectivity index (χ0v) is 19.4. The molecule has 35 heavy (non-hydrogen) atoms. The smallest absolute Gasteiger partial charge is 0.338 e. The van der Waals surface area contributed by atoms with Crippen LogP contribution in [0.15, 0.2) is 59.8 Å². The van der Waals surface area contributed by atoms with Gasteiger partial charge in [0.15, 0.2) is 6.10 Å². The Morgan fingerprint density at radius 2 is 1.77 bits per heavy atom. The number of anilines is 1. The van der Waals surface area contributed by atoms with Gasteiger partial charge in [-0.3, -0.25) is 9.59 Å². The summed E-state index contributed by atoms with van der Waals surface area (Å²) in [4.78, 5) is 49.9. The SMILES string of the molecule is CCOC(=O)C1=C(COC(=O)CC2Oc3ccccc3NC2=O)NC(=O)NC1c1ccc(Cl)cc1. The molecule has 4 rings (SSSR count). The van der Waals surface area contributed by atoms with E-state index in [9.17, 15) is 19.2 Å². The van der Waals surface area contributed by atoms with Crippen LogP contribution in [0.25, 0.3) is 0 Å². The lowest BCUT2D eigenvalue weighted by molar-refractivity contribution is -0.147. The molecule has 11 heteroatoms. The molecule has 0 radical (unpaired) electrons. The first-order chi connectivity index (χ1) is 16.9. The number of urea groups is 1. The third-order valence-electron chi connectivity index (χ3n) is 5.29. The van der Waals surface area contributed by atoms with E-state index in [0.717, 1.165) is 0 Å². The summed E-state index contributed by atoms with van der Waals surface area (Å²) in [6.45, 7) is 1.33. The van der Waals surface area contributed by atoms with Crippen molar-refractivity contribution < 1.29 is 33.4 Å². The quantitative estimate of drug-likeness (QED) is 0.499. The average Bonchev–Trinajstić information content (AvgIpc) is 2.83. The maximum atomic E-state index is 12.8. The highest BCUT2D eigenvalue weighted by molar-refractivity contribution is 6.30. The fourth-order valence-electron chi connectivity index (χ4n) is 3.68. The van der Waals surface area contributed by atoms with Crippen LogP contribution >= 0.6 is 11.6 Å². The largest absolute Gasteiger partial charge is 0.478 e. The van der Waals surface area contributed by atoms with Crippen LogP contribution in [0.4, 0.5) is 10.5 Å². The summed E-state index contributed by atoms with van der Waals surface area (Å²) < 4.78 is 16.1. The minimum Gasteiger partial charge on any atom is -0.478 e. The van der Waals surface area contributed by atoms with Crippen LogP contribution in [0, 0.1) is 0 Å². The Morgan fingerprint density at radius 1 is 1.03 bits per heavy atom. The molecule has 2 aromatic rings. The van der Waals surface area contributed by atoms with Crippen LogP contribution in [-0.4, -0.2) is 43.2 Å². The number of esters is 2. The van der Waals surface area contributed by atoms with E-state index < -0.39 is 42.6 Å². The number of hydrogen-bond donors (Lipinski definition) is 3. The van der Waals surface area contributed by atoms with E-state index >= 15 is 0 Å². The molecule has 2 aliphatic heterocycles. The molecule has 0 aliphatic carbocycles. The van der Waals surface area contributed by atoms with Crippen molar-refractivity contribution in [2.75, 3.05) is 18.5 Å². The van der Waals surface area contributed by atoms with E-state index in [0.29, 0.717) is 22.0 Å². The van der Waals surface area contributed by atoms with E-state index in [1.54, 1.807) is 55.5 Å². The number of carbonyl (C=O) groups is 4. The van der Waals surface area contributed by atoms with Crippen LogP contribution < -0.4 is 20.7 Å². The molecule has 2 aliphatic rings. The molecule has 0 fully saturated rings. The molecule has 2 aromatic carbocycles. The predicted octanol–water partition coefficient (Wildman–Crippen LogP) is 2.84. The monoisotopic (exact) mass is 499 g/mol. The summed E-state index contributed by atoms with van der Waals surface area (Å²) in [6, 6.07) is 12.0. The number of nitrogens with one attached hydrogen (secondary N) is 3. The van der Waals surface area contributed by atoms with Crippen LogP contribution in [0.1, 0.15) is 24.9 Å². The van der Waals surface area contributed by atoms with Gasteiger partial charge in [-0.2, -0.15) is 0 Å². The lowest BCUT2D eigenvalue weighted by Crippen LogP contribution is -2.47. The topological polar surface area (TPSA) is 132 Å². The first-order valence-corrected chi connectivity index (χ1v) is 11.2. The average molecular weight is 500 g/mol. The fourth-order valence-corrected chi connectivity index (χ4v) is 3.80. The van der Waals surface area contributed by atoms with Gasteiger partial charge < -0.3 is 30.2 Å². The normalized spacial score (nSPS) is 18.9. The van der Waals surface area contributed by atoms with Gasteiger partial charge in [0.2, 0.25) is 0 Å². The number of ether oxygens (including phenoxy) is 3. The van der Waals surface area contributed by atoms with Crippen molar-refractivity contribution in [3.63, 3.8) is 0 Å². The van der Waals surface area contributed by atoms with Crippen LogP contribution in [0.5, 0.6) is 5.75 Å². The highest BCUT2D eigenvalue weighted by Crippen LogP contribution is 2.31. The molecular weight excluding hydrogens is 478 g/mol. The molecule has 2 atom stereocenters. The van der Waals surface area contributed by atoms with Crippen LogP contribution in [-0.2, 0) is 23.9 Å². The van der Waals surface area contributed by atoms with E-state index in [-0.39, 0.29) is 24.3 Å². The number of amides is 3. The molecule has 0 aromatic heterocycles. The molecule has 3 N–H and O–H groups in total. The predicted molar refractivity (Wildman–Crippen MR) is 125 cm³/mol. The maximum absolute atomic E-state index is 12.8. The number of halogens is 1. The van der Waals surface area contributed by atoms with Gasteiger partial charge in [0.25, 0.3) is 5.91 Å². The standard InChI is InChI=1S/C24H22ClN3O7/c1-2-33-23(31)20-16(27-24(32)28-21(20)13-7-9-14(25)10-8-13)12-34-19(29)11-18-22(30)26-15-5-3-4-6-17(15)35-18/h3-10,18,21H,2,11-12H2,1H3,(H,26,30)(H2,27,28,32). The van der Waals surface area contributed by atoms with Gasteiger partial charge in [0.05, 0.1) is 36.0 Å². The molecule has 0 saturated carbocycles. The minimum atomic E-state index is -1.08. The Hall–Kier alpha value is -4.05. The number of benzene rings is 2. The number of para-hydroxylation sites is 2. The molecule has 2 heterocycles. The number of hydrogen-bond acceptors (Lipinski definition) is 7. The molecule has 0 saturated heterocycles. The lowest BCUT2D eigenvalue weighted by Gasteiger charge is -2.29. The van der Waals surface area contributed by atoms with Crippen molar-refractivity contribution >= 4 is 41.2 Å². The Kier molecular flexibility index (Phi) is 7.21. The maximum Gasteiger partial charge on any atom is 0.338 e. The number of rotatable bonds is 7. The second-order valence-corrected chi connectivity index (χ2v) is 8.09. The number of carbonyl (C=O) groups excluding carboxylic acids is 4. The van der Waals surface area contributed by atoms with Crippen LogP contribution in [0.3, 0.4) is 0 Å². The molecular formula is C24H22ClN3O7. The van der Waals surface area contributed by atoms with Crippen LogP contribution in [0.2, 0.25) is 5.02 Å². The summed E-state index contributed by atoms with van der Waals surface area (Å²) >= 11 is 5.96. The highest BCUT2D eigenvalue weighted by Gasteiger charge is 2.35. The van der Waals surface area contributed by atoms with Crippen molar-refractivity contribution in [2.45, 2.75) is 25.5 Å². The molecule has 10 nitrogen and oxygen atoms in total. The van der Waals surface area contributed by atoms with Gasteiger partial charge in [-0.25, -0.2) is 9.59 Å². The molecule has 0 bridgehead atoms. The first kappa shape index (κ1) is 24.1. The minimum absolute atomic E-state index is 0.0693. The van der Waals surface area contributed by atoms with Gasteiger partial charge in [-0.15, -0.1) is 0 Å². The Balaban J connectivity index is 1.51. The van der Waals surface area contributed by atoms with Gasteiger partial charge >= 0.3 is 18.0 Å². The zero-order valence-electron chi connectivity index (χ0n) is 18.6. The van der Waals surface area contributed by atoms with Gasteiger partial charge in [-0.05, 0) is 36.8 Å². The second-order valence-electron chi connectivity index (χ2n) is 7.65. The van der Waals surface area contributed by atoms with Crippen molar-refractivity contribution in [1.29, 1.82) is 0 Å². The van der Waals surface area contributed by atoms with E-state index in [4.69, 9.17) is 25.8 Å². The zero-order chi connectivity index (χ0) is 24.9. The van der Waals surface area contributed by atoms with Crippen molar-refractivity contribution in [3.8, 4) is 5.75 Å². The Morgan fingerprint density at radius 3 is 2.51 bits per heavy atom. The van der Waals surface area contributed by atoms with Gasteiger partial charge in [-0.1, -0.05) is 35.9 Å². The van der Waals surface area contributed by atoms with Gasteiger partial charge in [0, 0.05) is 5.02 Å². The Labute approximate surface area is 205 Å². The fraction of sp³-hybridized carbons (Fsp3) is 0.250. The summed E-state index contributed by atoms with van der Waals surface area (Å²) in [6.07, 6.45) is -1.45. The lowest BCUT2D eigenvalue weighted by atomic mass is 9.95. The molecule has 2 unspecified atom stereocenters. The first-order valence-electron chi connectivity index (χ1n) is 10.8. The number of fused-ring (bicyclic) bond motifs is 1.